The van der Waals surface area contributed by atoms with E-state index in [1.54, 1.807) is 13.8 Å². The predicted molar refractivity (Wildman–Crippen MR) is 73.7 cm³/mol. The van der Waals surface area contributed by atoms with E-state index in [-0.39, 0.29) is 11.9 Å². The van der Waals surface area contributed by atoms with Crippen molar-refractivity contribution >= 4 is 11.9 Å². The largest absolute Gasteiger partial charge is 0.481 e. The summed E-state index contributed by atoms with van der Waals surface area (Å²) in [4.78, 5) is 22.9. The number of benzene rings is 1. The number of aliphatic carboxylic acids is 1. The Kier molecular flexibility index (Phi) is 5.10. The summed E-state index contributed by atoms with van der Waals surface area (Å²) in [6.45, 7) is 7.07. The minimum Gasteiger partial charge on any atom is -0.481 e. The van der Waals surface area contributed by atoms with Crippen LogP contribution in [0.2, 0.25) is 0 Å². The topological polar surface area (TPSA) is 66.4 Å². The zero-order valence-corrected chi connectivity index (χ0v) is 11.8. The second-order valence-corrected chi connectivity index (χ2v) is 5.00. The van der Waals surface area contributed by atoms with E-state index < -0.39 is 17.8 Å². The maximum Gasteiger partial charge on any atom is 0.307 e. The molecule has 1 aromatic rings. The number of carboxylic acids is 1. The summed E-state index contributed by atoms with van der Waals surface area (Å²) >= 11 is 0. The molecule has 0 saturated heterocycles. The lowest BCUT2D eigenvalue weighted by atomic mass is 9.94. The van der Waals surface area contributed by atoms with Crippen LogP contribution in [0.3, 0.4) is 0 Å². The number of nitrogens with one attached hydrogen (secondary N) is 1. The van der Waals surface area contributed by atoms with Crippen molar-refractivity contribution in [2.75, 3.05) is 0 Å². The molecular weight excluding hydrogens is 242 g/mol. The van der Waals surface area contributed by atoms with Crippen LogP contribution in [0.1, 0.15) is 37.9 Å². The fourth-order valence-electron chi connectivity index (χ4n) is 1.94. The van der Waals surface area contributed by atoms with E-state index in [0.717, 1.165) is 11.1 Å². The first-order valence-corrected chi connectivity index (χ1v) is 6.43. The lowest BCUT2D eigenvalue weighted by Crippen LogP contribution is -2.36. The number of amides is 1. The Bertz CT molecular complexity index is 470. The Morgan fingerprint density at radius 1 is 1.11 bits per heavy atom. The summed E-state index contributed by atoms with van der Waals surface area (Å²) in [6.07, 6.45) is 0. The normalized spacial score (nSPS) is 15.4. The molecule has 2 N–H and O–H groups in total. The molecule has 3 unspecified atom stereocenters. The van der Waals surface area contributed by atoms with Crippen LogP contribution in [0.15, 0.2) is 24.3 Å². The lowest BCUT2D eigenvalue weighted by molar-refractivity contribution is -0.146. The van der Waals surface area contributed by atoms with Gasteiger partial charge in [0, 0.05) is 5.92 Å². The van der Waals surface area contributed by atoms with Crippen molar-refractivity contribution in [3.8, 4) is 0 Å². The highest BCUT2D eigenvalue weighted by Gasteiger charge is 2.26. The van der Waals surface area contributed by atoms with Gasteiger partial charge in [-0.1, -0.05) is 38.1 Å². The van der Waals surface area contributed by atoms with Crippen LogP contribution in [0.5, 0.6) is 0 Å². The minimum absolute atomic E-state index is 0.128. The Labute approximate surface area is 113 Å². The van der Waals surface area contributed by atoms with Gasteiger partial charge >= 0.3 is 5.97 Å². The molecule has 104 valence electrons. The summed E-state index contributed by atoms with van der Waals surface area (Å²) in [5, 5.41) is 11.8. The molecule has 4 heteroatoms. The maximum atomic E-state index is 12.0. The molecule has 0 fully saturated rings. The van der Waals surface area contributed by atoms with E-state index in [2.05, 4.69) is 5.32 Å². The van der Waals surface area contributed by atoms with E-state index in [9.17, 15) is 9.59 Å². The maximum absolute atomic E-state index is 12.0. The predicted octanol–water partition coefficient (Wildman–Crippen LogP) is 2.53. The summed E-state index contributed by atoms with van der Waals surface area (Å²) in [7, 11) is 0. The monoisotopic (exact) mass is 263 g/mol. The number of hydrogen-bond donors (Lipinski definition) is 2. The molecule has 0 aliphatic carbocycles. The van der Waals surface area contributed by atoms with Crippen LogP contribution < -0.4 is 5.32 Å². The van der Waals surface area contributed by atoms with Crippen LogP contribution in [0, 0.1) is 18.8 Å². The van der Waals surface area contributed by atoms with Crippen molar-refractivity contribution in [2.24, 2.45) is 11.8 Å². The molecule has 1 rings (SSSR count). The molecule has 3 atom stereocenters. The summed E-state index contributed by atoms with van der Waals surface area (Å²) < 4.78 is 0. The van der Waals surface area contributed by atoms with Crippen molar-refractivity contribution in [3.05, 3.63) is 35.4 Å². The first kappa shape index (κ1) is 15.2. The molecule has 4 nitrogen and oxygen atoms in total. The molecule has 0 aliphatic rings. The number of carbonyl (C=O) groups is 2. The average molecular weight is 263 g/mol. The molecule has 0 aromatic heterocycles. The molecule has 1 amide bonds. The van der Waals surface area contributed by atoms with Gasteiger partial charge in [-0.15, -0.1) is 0 Å². The van der Waals surface area contributed by atoms with Crippen LogP contribution in [-0.4, -0.2) is 17.0 Å². The molecule has 0 spiro atoms. The van der Waals surface area contributed by atoms with E-state index in [0.29, 0.717) is 0 Å². The molecule has 0 heterocycles. The van der Waals surface area contributed by atoms with Gasteiger partial charge in [0.1, 0.15) is 0 Å². The zero-order valence-electron chi connectivity index (χ0n) is 11.8. The number of carboxylic acid groups (broad SMARTS) is 1. The standard InChI is InChI=1S/C15H21NO3/c1-9-7-5-6-8-13(9)12(4)16-14(17)10(2)11(3)15(18)19/h5-8,10-12H,1-4H3,(H,16,17)(H,18,19). The SMILES string of the molecule is Cc1ccccc1C(C)NC(=O)C(C)C(C)C(=O)O. The first-order valence-electron chi connectivity index (χ1n) is 6.43. The molecular formula is C15H21NO3. The molecule has 1 aromatic carbocycles. The van der Waals surface area contributed by atoms with Gasteiger partial charge < -0.3 is 10.4 Å². The van der Waals surface area contributed by atoms with E-state index >= 15 is 0 Å². The Morgan fingerprint density at radius 3 is 2.21 bits per heavy atom. The number of hydrogen-bond acceptors (Lipinski definition) is 2. The fraction of sp³-hybridized carbons (Fsp3) is 0.467. The second kappa shape index (κ2) is 6.36. The summed E-state index contributed by atoms with van der Waals surface area (Å²) in [5.74, 6) is -2.43. The molecule has 0 radical (unpaired) electrons. The third-order valence-electron chi connectivity index (χ3n) is 3.57. The van der Waals surface area contributed by atoms with Crippen molar-refractivity contribution in [3.63, 3.8) is 0 Å². The van der Waals surface area contributed by atoms with Crippen molar-refractivity contribution in [2.45, 2.75) is 33.7 Å². The van der Waals surface area contributed by atoms with Crippen LogP contribution in [0.25, 0.3) is 0 Å². The number of carbonyl (C=O) groups excluding carboxylic acids is 1. The smallest absolute Gasteiger partial charge is 0.307 e. The van der Waals surface area contributed by atoms with Gasteiger partial charge in [0.15, 0.2) is 0 Å². The van der Waals surface area contributed by atoms with Gasteiger partial charge in [0.25, 0.3) is 0 Å². The van der Waals surface area contributed by atoms with Gasteiger partial charge in [0.05, 0.1) is 12.0 Å². The van der Waals surface area contributed by atoms with Crippen molar-refractivity contribution < 1.29 is 14.7 Å². The third kappa shape index (κ3) is 3.81. The molecule has 0 saturated carbocycles. The molecule has 0 aliphatic heterocycles. The van der Waals surface area contributed by atoms with Crippen molar-refractivity contribution in [1.82, 2.24) is 5.32 Å². The lowest BCUT2D eigenvalue weighted by Gasteiger charge is -2.21. The van der Waals surface area contributed by atoms with E-state index in [4.69, 9.17) is 5.11 Å². The van der Waals surface area contributed by atoms with Gasteiger partial charge in [-0.3, -0.25) is 9.59 Å². The highest BCUT2D eigenvalue weighted by Crippen LogP contribution is 2.18. The third-order valence-corrected chi connectivity index (χ3v) is 3.57. The van der Waals surface area contributed by atoms with E-state index in [1.165, 1.54) is 0 Å². The van der Waals surface area contributed by atoms with Gasteiger partial charge in [-0.25, -0.2) is 0 Å². The average Bonchev–Trinajstić information content (AvgIpc) is 2.37. The highest BCUT2D eigenvalue weighted by molar-refractivity contribution is 5.84. The Balaban J connectivity index is 2.72. The summed E-state index contributed by atoms with van der Waals surface area (Å²) in [6, 6.07) is 7.70. The Morgan fingerprint density at radius 2 is 1.68 bits per heavy atom. The highest BCUT2D eigenvalue weighted by atomic mass is 16.4. The fourth-order valence-corrected chi connectivity index (χ4v) is 1.94. The van der Waals surface area contributed by atoms with Crippen LogP contribution in [0.4, 0.5) is 0 Å². The van der Waals surface area contributed by atoms with Gasteiger partial charge in [-0.2, -0.15) is 0 Å². The quantitative estimate of drug-likeness (QED) is 0.858. The van der Waals surface area contributed by atoms with Crippen molar-refractivity contribution in [1.29, 1.82) is 0 Å². The van der Waals surface area contributed by atoms with Crippen LogP contribution in [-0.2, 0) is 9.59 Å². The first-order chi connectivity index (χ1) is 8.84. The number of aryl methyl sites for hydroxylation is 1. The van der Waals surface area contributed by atoms with E-state index in [1.807, 2.05) is 38.1 Å². The van der Waals surface area contributed by atoms with Crippen LogP contribution >= 0.6 is 0 Å². The molecule has 0 bridgehead atoms. The number of rotatable bonds is 5. The second-order valence-electron chi connectivity index (χ2n) is 5.00. The minimum atomic E-state index is -0.953. The Hall–Kier alpha value is -1.84. The molecule has 19 heavy (non-hydrogen) atoms. The zero-order chi connectivity index (χ0) is 14.6. The summed E-state index contributed by atoms with van der Waals surface area (Å²) in [5.41, 5.74) is 2.15. The van der Waals surface area contributed by atoms with Gasteiger partial charge in [-0.05, 0) is 25.0 Å². The van der Waals surface area contributed by atoms with Gasteiger partial charge in [0.2, 0.25) is 5.91 Å².